The van der Waals surface area contributed by atoms with E-state index in [1.165, 1.54) is 19.2 Å². The van der Waals surface area contributed by atoms with Gasteiger partial charge in [0, 0.05) is 12.1 Å². The summed E-state index contributed by atoms with van der Waals surface area (Å²) in [5, 5.41) is 2.84. The fraction of sp³-hybridized carbons (Fsp3) is 0.208. The molecular weight excluding hydrogens is 428 g/mol. The van der Waals surface area contributed by atoms with E-state index >= 15 is 0 Å². The first-order chi connectivity index (χ1) is 15.4. The van der Waals surface area contributed by atoms with Crippen molar-refractivity contribution in [1.29, 1.82) is 0 Å². The van der Waals surface area contributed by atoms with Crippen LogP contribution in [0, 0.1) is 0 Å². The summed E-state index contributed by atoms with van der Waals surface area (Å²) in [7, 11) is -0.800. The number of sulfonamides is 1. The second-order valence-corrected chi connectivity index (χ2v) is 8.72. The SMILES string of the molecule is COc1ccc(CCCNC(=O)c2cccc(S(=O)(=O)Nc3ccccc3OC)c2)cc1. The van der Waals surface area contributed by atoms with E-state index in [1.807, 2.05) is 24.3 Å². The molecule has 0 aliphatic carbocycles. The molecule has 0 aromatic heterocycles. The van der Waals surface area contributed by atoms with Crippen LogP contribution < -0.4 is 19.5 Å². The first kappa shape index (κ1) is 23.1. The summed E-state index contributed by atoms with van der Waals surface area (Å²) in [6, 6.07) is 20.4. The number of amides is 1. The summed E-state index contributed by atoms with van der Waals surface area (Å²) in [5.41, 5.74) is 1.75. The average Bonchev–Trinajstić information content (AvgIpc) is 2.82. The molecule has 0 aliphatic heterocycles. The number of hydrogen-bond acceptors (Lipinski definition) is 5. The van der Waals surface area contributed by atoms with E-state index in [9.17, 15) is 13.2 Å². The molecule has 8 heteroatoms. The Morgan fingerprint density at radius 2 is 1.66 bits per heavy atom. The number of aryl methyl sites for hydroxylation is 1. The standard InChI is InChI=1S/C24H26N2O5S/c1-30-20-14-12-18(13-15-20)7-6-16-25-24(27)19-8-5-9-21(17-19)32(28,29)26-22-10-3-4-11-23(22)31-2/h3-5,8-15,17,26H,6-7,16H2,1-2H3,(H,25,27). The van der Waals surface area contributed by atoms with Gasteiger partial charge in [0.2, 0.25) is 0 Å². The van der Waals surface area contributed by atoms with E-state index in [0.29, 0.717) is 18.0 Å². The Labute approximate surface area is 188 Å². The van der Waals surface area contributed by atoms with Crippen LogP contribution in [0.25, 0.3) is 0 Å². The predicted octanol–water partition coefficient (Wildman–Crippen LogP) is 3.87. The molecule has 1 amide bonds. The Morgan fingerprint density at radius 3 is 2.38 bits per heavy atom. The van der Waals surface area contributed by atoms with Gasteiger partial charge in [0.05, 0.1) is 24.8 Å². The lowest BCUT2D eigenvalue weighted by Crippen LogP contribution is -2.25. The largest absolute Gasteiger partial charge is 0.497 e. The van der Waals surface area contributed by atoms with Crippen LogP contribution in [-0.2, 0) is 16.4 Å². The lowest BCUT2D eigenvalue weighted by atomic mass is 10.1. The van der Waals surface area contributed by atoms with E-state index in [1.54, 1.807) is 43.5 Å². The lowest BCUT2D eigenvalue weighted by Gasteiger charge is -2.12. The van der Waals surface area contributed by atoms with E-state index in [4.69, 9.17) is 9.47 Å². The highest BCUT2D eigenvalue weighted by Crippen LogP contribution is 2.26. The highest BCUT2D eigenvalue weighted by Gasteiger charge is 2.18. The van der Waals surface area contributed by atoms with E-state index < -0.39 is 10.0 Å². The Hall–Kier alpha value is -3.52. The van der Waals surface area contributed by atoms with Crippen molar-refractivity contribution in [2.24, 2.45) is 0 Å². The fourth-order valence-electron chi connectivity index (χ4n) is 3.13. The van der Waals surface area contributed by atoms with Gasteiger partial charge in [0.1, 0.15) is 11.5 Å². The lowest BCUT2D eigenvalue weighted by molar-refractivity contribution is 0.0953. The summed E-state index contributed by atoms with van der Waals surface area (Å²) >= 11 is 0. The molecule has 0 bridgehead atoms. The molecule has 7 nitrogen and oxygen atoms in total. The molecular formula is C24H26N2O5S. The van der Waals surface area contributed by atoms with Gasteiger partial charge in [-0.05, 0) is 60.9 Å². The van der Waals surface area contributed by atoms with Crippen molar-refractivity contribution < 1.29 is 22.7 Å². The Kier molecular flexibility index (Phi) is 7.72. The summed E-state index contributed by atoms with van der Waals surface area (Å²) < 4.78 is 38.4. The van der Waals surface area contributed by atoms with Crippen molar-refractivity contribution in [1.82, 2.24) is 5.32 Å². The molecule has 0 radical (unpaired) electrons. The number of nitrogens with one attached hydrogen (secondary N) is 2. The first-order valence-corrected chi connectivity index (χ1v) is 11.6. The third-order valence-electron chi connectivity index (χ3n) is 4.84. The Morgan fingerprint density at radius 1 is 0.906 bits per heavy atom. The second kappa shape index (κ2) is 10.7. The predicted molar refractivity (Wildman–Crippen MR) is 124 cm³/mol. The number of rotatable bonds is 10. The second-order valence-electron chi connectivity index (χ2n) is 7.04. The molecule has 3 aromatic carbocycles. The number of carbonyl (C=O) groups is 1. The summed E-state index contributed by atoms with van der Waals surface area (Å²) in [6.07, 6.45) is 1.56. The number of carbonyl (C=O) groups excluding carboxylic acids is 1. The number of benzene rings is 3. The van der Waals surface area contributed by atoms with Crippen LogP contribution in [0.5, 0.6) is 11.5 Å². The van der Waals surface area contributed by atoms with Crippen LogP contribution >= 0.6 is 0 Å². The molecule has 0 saturated heterocycles. The molecule has 0 saturated carbocycles. The van der Waals surface area contributed by atoms with Crippen LogP contribution in [0.4, 0.5) is 5.69 Å². The zero-order valence-corrected chi connectivity index (χ0v) is 18.8. The summed E-state index contributed by atoms with van der Waals surface area (Å²) in [6.45, 7) is 0.474. The van der Waals surface area contributed by atoms with Gasteiger partial charge >= 0.3 is 0 Å². The van der Waals surface area contributed by atoms with E-state index in [-0.39, 0.29) is 16.4 Å². The quantitative estimate of drug-likeness (QED) is 0.454. The molecule has 3 aromatic rings. The summed E-state index contributed by atoms with van der Waals surface area (Å²) in [5.74, 6) is 0.882. The van der Waals surface area contributed by atoms with Gasteiger partial charge in [0.15, 0.2) is 0 Å². The molecule has 2 N–H and O–H groups in total. The van der Waals surface area contributed by atoms with Crippen LogP contribution in [0.1, 0.15) is 22.3 Å². The van der Waals surface area contributed by atoms with Crippen molar-refractivity contribution in [2.75, 3.05) is 25.5 Å². The first-order valence-electron chi connectivity index (χ1n) is 10.1. The van der Waals surface area contributed by atoms with Gasteiger partial charge in [-0.25, -0.2) is 8.42 Å². The molecule has 0 unspecified atom stereocenters. The van der Waals surface area contributed by atoms with Crippen molar-refractivity contribution in [3.05, 3.63) is 83.9 Å². The number of hydrogen-bond donors (Lipinski definition) is 2. The maximum Gasteiger partial charge on any atom is 0.262 e. The van der Waals surface area contributed by atoms with E-state index in [0.717, 1.165) is 24.2 Å². The Balaban J connectivity index is 1.59. The molecule has 0 fully saturated rings. The minimum absolute atomic E-state index is 0.00529. The highest BCUT2D eigenvalue weighted by molar-refractivity contribution is 7.92. The van der Waals surface area contributed by atoms with Crippen LogP contribution in [0.15, 0.2) is 77.7 Å². The van der Waals surface area contributed by atoms with Crippen LogP contribution in [-0.4, -0.2) is 35.1 Å². The smallest absolute Gasteiger partial charge is 0.262 e. The minimum atomic E-state index is -3.89. The highest BCUT2D eigenvalue weighted by atomic mass is 32.2. The van der Waals surface area contributed by atoms with Crippen molar-refractivity contribution in [3.8, 4) is 11.5 Å². The normalized spacial score (nSPS) is 10.9. The molecule has 3 rings (SSSR count). The number of methoxy groups -OCH3 is 2. The molecule has 0 aliphatic rings. The fourth-order valence-corrected chi connectivity index (χ4v) is 4.24. The zero-order valence-electron chi connectivity index (χ0n) is 18.0. The van der Waals surface area contributed by atoms with Crippen LogP contribution in [0.3, 0.4) is 0 Å². The van der Waals surface area contributed by atoms with Gasteiger partial charge in [-0.3, -0.25) is 9.52 Å². The molecule has 168 valence electrons. The average molecular weight is 455 g/mol. The minimum Gasteiger partial charge on any atom is -0.497 e. The molecule has 0 spiro atoms. The number of ether oxygens (including phenoxy) is 2. The Bertz CT molecular complexity index is 1160. The van der Waals surface area contributed by atoms with Crippen LogP contribution in [0.2, 0.25) is 0 Å². The zero-order chi connectivity index (χ0) is 23.0. The van der Waals surface area contributed by atoms with Gasteiger partial charge in [-0.15, -0.1) is 0 Å². The number of para-hydroxylation sites is 2. The molecule has 32 heavy (non-hydrogen) atoms. The third-order valence-corrected chi connectivity index (χ3v) is 6.21. The van der Waals surface area contributed by atoms with E-state index in [2.05, 4.69) is 10.0 Å². The van der Waals surface area contributed by atoms with Gasteiger partial charge in [-0.2, -0.15) is 0 Å². The monoisotopic (exact) mass is 454 g/mol. The molecule has 0 heterocycles. The van der Waals surface area contributed by atoms with Gasteiger partial charge < -0.3 is 14.8 Å². The molecule has 0 atom stereocenters. The topological polar surface area (TPSA) is 93.7 Å². The number of anilines is 1. The van der Waals surface area contributed by atoms with Crippen molar-refractivity contribution in [2.45, 2.75) is 17.7 Å². The van der Waals surface area contributed by atoms with Crippen molar-refractivity contribution >= 4 is 21.6 Å². The van der Waals surface area contributed by atoms with Gasteiger partial charge in [-0.1, -0.05) is 30.3 Å². The maximum atomic E-state index is 12.8. The maximum absolute atomic E-state index is 12.8. The summed E-state index contributed by atoms with van der Waals surface area (Å²) in [4.78, 5) is 12.5. The third kappa shape index (κ3) is 6.01. The van der Waals surface area contributed by atoms with Crippen molar-refractivity contribution in [3.63, 3.8) is 0 Å². The van der Waals surface area contributed by atoms with Gasteiger partial charge in [0.25, 0.3) is 15.9 Å².